The third-order valence-corrected chi connectivity index (χ3v) is 4.69. The molecule has 9 heteroatoms. The van der Waals surface area contributed by atoms with E-state index in [1.54, 1.807) is 41.2 Å². The highest BCUT2D eigenvalue weighted by Gasteiger charge is 2.15. The van der Waals surface area contributed by atoms with Gasteiger partial charge in [0.05, 0.1) is 6.54 Å². The summed E-state index contributed by atoms with van der Waals surface area (Å²) in [5.41, 5.74) is 1.54. The van der Waals surface area contributed by atoms with E-state index in [4.69, 9.17) is 27.7 Å². The maximum atomic E-state index is 13.0. The van der Waals surface area contributed by atoms with E-state index in [2.05, 4.69) is 15.6 Å². The van der Waals surface area contributed by atoms with Crippen LogP contribution in [0.5, 0.6) is 0 Å². The normalized spacial score (nSPS) is 10.9. The molecule has 0 atom stereocenters. The Balaban J connectivity index is 1.43. The van der Waals surface area contributed by atoms with E-state index in [9.17, 15) is 9.18 Å². The van der Waals surface area contributed by atoms with Crippen molar-refractivity contribution in [1.29, 1.82) is 0 Å². The van der Waals surface area contributed by atoms with Crippen molar-refractivity contribution in [1.82, 2.24) is 14.9 Å². The van der Waals surface area contributed by atoms with E-state index >= 15 is 0 Å². The first-order valence-electron chi connectivity index (χ1n) is 8.49. The van der Waals surface area contributed by atoms with Crippen LogP contribution in [0.1, 0.15) is 16.1 Å². The van der Waals surface area contributed by atoms with Gasteiger partial charge < -0.3 is 9.84 Å². The van der Waals surface area contributed by atoms with E-state index in [1.807, 2.05) is 6.07 Å². The van der Waals surface area contributed by atoms with Gasteiger partial charge in [0, 0.05) is 33.9 Å². The van der Waals surface area contributed by atoms with E-state index in [1.165, 1.54) is 18.2 Å². The van der Waals surface area contributed by atoms with E-state index in [0.29, 0.717) is 33.7 Å². The molecule has 2 heterocycles. The number of anilines is 1. The molecule has 0 aliphatic carbocycles. The summed E-state index contributed by atoms with van der Waals surface area (Å²) in [4.78, 5) is 12.4. The Kier molecular flexibility index (Phi) is 5.33. The number of rotatable bonds is 5. The number of carbonyl (C=O) groups is 1. The summed E-state index contributed by atoms with van der Waals surface area (Å²) in [5.74, 6) is -0.122. The molecule has 2 aromatic heterocycles. The summed E-state index contributed by atoms with van der Waals surface area (Å²) in [6, 6.07) is 14.1. The van der Waals surface area contributed by atoms with Gasteiger partial charge in [0.1, 0.15) is 5.82 Å². The predicted molar refractivity (Wildman–Crippen MR) is 108 cm³/mol. The summed E-state index contributed by atoms with van der Waals surface area (Å²) in [6.45, 7) is 0.421. The molecule has 0 saturated heterocycles. The molecule has 0 bridgehead atoms. The number of halogens is 3. The molecule has 4 rings (SSSR count). The zero-order chi connectivity index (χ0) is 20.4. The van der Waals surface area contributed by atoms with Crippen LogP contribution in [0.2, 0.25) is 10.0 Å². The largest absolute Gasteiger partial charge is 0.355 e. The van der Waals surface area contributed by atoms with Crippen LogP contribution in [0.4, 0.5) is 10.2 Å². The standard InChI is InChI=1S/C20H13Cl2FN4O2/c21-14-4-1-13(16(22)9-14)11-27-8-7-19(25-27)24-20(28)17-10-18(29-26-17)12-2-5-15(23)6-3-12/h1-10H,11H2,(H,24,25,28). The Morgan fingerprint density at radius 2 is 1.90 bits per heavy atom. The Morgan fingerprint density at radius 3 is 2.66 bits per heavy atom. The summed E-state index contributed by atoms with van der Waals surface area (Å²) in [7, 11) is 0. The van der Waals surface area contributed by atoms with Gasteiger partial charge in [-0.15, -0.1) is 0 Å². The van der Waals surface area contributed by atoms with E-state index in [-0.39, 0.29) is 11.5 Å². The molecule has 1 N–H and O–H groups in total. The third kappa shape index (κ3) is 4.47. The van der Waals surface area contributed by atoms with Crippen molar-refractivity contribution >= 4 is 34.9 Å². The Bertz CT molecular complexity index is 1170. The van der Waals surface area contributed by atoms with Crippen LogP contribution in [0, 0.1) is 5.82 Å². The quantitative estimate of drug-likeness (QED) is 0.467. The lowest BCUT2D eigenvalue weighted by atomic mass is 10.1. The predicted octanol–water partition coefficient (Wildman–Crippen LogP) is 5.28. The van der Waals surface area contributed by atoms with Crippen molar-refractivity contribution in [3.63, 3.8) is 0 Å². The van der Waals surface area contributed by atoms with Crippen LogP contribution >= 0.6 is 23.2 Å². The third-order valence-electron chi connectivity index (χ3n) is 4.10. The minimum Gasteiger partial charge on any atom is -0.355 e. The van der Waals surface area contributed by atoms with Gasteiger partial charge in [-0.05, 0) is 42.0 Å². The molecular weight excluding hydrogens is 418 g/mol. The summed E-state index contributed by atoms with van der Waals surface area (Å²) in [5, 5.41) is 11.8. The molecule has 2 aromatic carbocycles. The highest BCUT2D eigenvalue weighted by Crippen LogP contribution is 2.23. The van der Waals surface area contributed by atoms with E-state index in [0.717, 1.165) is 5.56 Å². The minimum absolute atomic E-state index is 0.0830. The second-order valence-electron chi connectivity index (χ2n) is 6.17. The number of nitrogens with zero attached hydrogens (tertiary/aromatic N) is 3. The van der Waals surface area contributed by atoms with Crippen molar-refractivity contribution in [2.24, 2.45) is 0 Å². The summed E-state index contributed by atoms with van der Waals surface area (Å²) < 4.78 is 19.8. The average Bonchev–Trinajstić information content (AvgIpc) is 3.34. The van der Waals surface area contributed by atoms with Crippen LogP contribution in [0.3, 0.4) is 0 Å². The first kappa shape index (κ1) is 19.2. The molecule has 0 saturated carbocycles. The van der Waals surface area contributed by atoms with Crippen LogP contribution in [-0.4, -0.2) is 20.8 Å². The van der Waals surface area contributed by atoms with Gasteiger partial charge in [-0.1, -0.05) is 34.4 Å². The van der Waals surface area contributed by atoms with Crippen molar-refractivity contribution in [2.75, 3.05) is 5.32 Å². The molecule has 0 unspecified atom stereocenters. The average molecular weight is 431 g/mol. The minimum atomic E-state index is -0.475. The zero-order valence-corrected chi connectivity index (χ0v) is 16.3. The van der Waals surface area contributed by atoms with Crippen LogP contribution in [0.15, 0.2) is 65.3 Å². The van der Waals surface area contributed by atoms with Gasteiger partial charge in [0.25, 0.3) is 5.91 Å². The van der Waals surface area contributed by atoms with E-state index < -0.39 is 5.91 Å². The second kappa shape index (κ2) is 8.06. The first-order chi connectivity index (χ1) is 14.0. The van der Waals surface area contributed by atoms with Gasteiger partial charge in [-0.3, -0.25) is 9.48 Å². The molecule has 0 aliphatic rings. The van der Waals surface area contributed by atoms with Crippen molar-refractivity contribution in [3.05, 3.63) is 87.9 Å². The first-order valence-corrected chi connectivity index (χ1v) is 9.25. The number of benzene rings is 2. The maximum Gasteiger partial charge on any atom is 0.279 e. The molecule has 4 aromatic rings. The van der Waals surface area contributed by atoms with Gasteiger partial charge in [-0.2, -0.15) is 5.10 Å². The van der Waals surface area contributed by atoms with Crippen LogP contribution < -0.4 is 5.32 Å². The molecule has 146 valence electrons. The lowest BCUT2D eigenvalue weighted by Crippen LogP contribution is -2.13. The smallest absolute Gasteiger partial charge is 0.279 e. The molecule has 29 heavy (non-hydrogen) atoms. The highest BCUT2D eigenvalue weighted by molar-refractivity contribution is 6.35. The van der Waals surface area contributed by atoms with Gasteiger partial charge in [0.15, 0.2) is 17.3 Å². The number of nitrogens with one attached hydrogen (secondary N) is 1. The zero-order valence-electron chi connectivity index (χ0n) is 14.8. The molecule has 0 fully saturated rings. The monoisotopic (exact) mass is 430 g/mol. The van der Waals surface area contributed by atoms with Gasteiger partial charge in [-0.25, -0.2) is 4.39 Å². The fourth-order valence-electron chi connectivity index (χ4n) is 2.65. The molecule has 0 spiro atoms. The van der Waals surface area contributed by atoms with Crippen molar-refractivity contribution in [2.45, 2.75) is 6.54 Å². The Morgan fingerprint density at radius 1 is 1.10 bits per heavy atom. The lowest BCUT2D eigenvalue weighted by molar-refractivity contribution is 0.101. The topological polar surface area (TPSA) is 73.0 Å². The Labute approximate surface area is 174 Å². The van der Waals surface area contributed by atoms with Gasteiger partial charge >= 0.3 is 0 Å². The molecular formula is C20H13Cl2FN4O2. The lowest BCUT2D eigenvalue weighted by Gasteiger charge is -2.05. The van der Waals surface area contributed by atoms with Gasteiger partial charge in [0.2, 0.25) is 0 Å². The molecule has 6 nitrogen and oxygen atoms in total. The molecule has 0 aliphatic heterocycles. The highest BCUT2D eigenvalue weighted by atomic mass is 35.5. The molecule has 0 radical (unpaired) electrons. The van der Waals surface area contributed by atoms with Crippen molar-refractivity contribution < 1.29 is 13.7 Å². The number of hydrogen-bond acceptors (Lipinski definition) is 4. The number of hydrogen-bond donors (Lipinski definition) is 1. The van der Waals surface area contributed by atoms with Crippen LogP contribution in [0.25, 0.3) is 11.3 Å². The summed E-state index contributed by atoms with van der Waals surface area (Å²) >= 11 is 12.1. The Hall–Kier alpha value is -3.16. The number of carbonyl (C=O) groups excluding carboxylic acids is 1. The fourth-order valence-corrected chi connectivity index (χ4v) is 3.12. The SMILES string of the molecule is O=C(Nc1ccn(Cc2ccc(Cl)cc2Cl)n1)c1cc(-c2ccc(F)cc2)on1. The number of amides is 1. The number of aromatic nitrogens is 3. The molecule has 1 amide bonds. The maximum absolute atomic E-state index is 13.0. The summed E-state index contributed by atoms with van der Waals surface area (Å²) in [6.07, 6.45) is 1.72. The van der Waals surface area contributed by atoms with Crippen molar-refractivity contribution in [3.8, 4) is 11.3 Å². The van der Waals surface area contributed by atoms with Crippen LogP contribution in [-0.2, 0) is 6.54 Å². The fraction of sp³-hybridized carbons (Fsp3) is 0.0500. The second-order valence-corrected chi connectivity index (χ2v) is 7.02.